The van der Waals surface area contributed by atoms with Gasteiger partial charge in [-0.25, -0.2) is 4.39 Å². The molecule has 4 heteroatoms. The number of hydrogen-bond acceptors (Lipinski definition) is 3. The molecule has 1 heterocycles. The topological polar surface area (TPSA) is 32.5 Å². The second kappa shape index (κ2) is 5.98. The maximum atomic E-state index is 13.6. The minimum atomic E-state index is -0.122. The van der Waals surface area contributed by atoms with Gasteiger partial charge in [0.1, 0.15) is 5.82 Å². The minimum absolute atomic E-state index is 0.122. The lowest BCUT2D eigenvalue weighted by Gasteiger charge is -2.36. The van der Waals surface area contributed by atoms with Gasteiger partial charge in [-0.3, -0.25) is 4.90 Å². The smallest absolute Gasteiger partial charge is 0.146 e. The average Bonchev–Trinajstić information content (AvgIpc) is 2.38. The summed E-state index contributed by atoms with van der Waals surface area (Å²) < 4.78 is 13.6. The molecule has 1 saturated heterocycles. The predicted molar refractivity (Wildman–Crippen MR) is 68.7 cm³/mol. The highest BCUT2D eigenvalue weighted by Crippen LogP contribution is 2.19. The maximum absolute atomic E-state index is 13.6. The number of nitrogens with zero attached hydrogens (tertiary/aromatic N) is 2. The van der Waals surface area contributed by atoms with Crippen LogP contribution in [0.1, 0.15) is 6.42 Å². The van der Waals surface area contributed by atoms with E-state index in [-0.39, 0.29) is 5.82 Å². The Morgan fingerprint density at radius 2 is 1.82 bits per heavy atom. The van der Waals surface area contributed by atoms with E-state index < -0.39 is 0 Å². The van der Waals surface area contributed by atoms with Gasteiger partial charge in [0, 0.05) is 26.2 Å². The molecule has 0 amide bonds. The van der Waals surface area contributed by atoms with E-state index in [4.69, 9.17) is 5.73 Å². The number of piperazine rings is 1. The lowest BCUT2D eigenvalue weighted by atomic mass is 10.2. The van der Waals surface area contributed by atoms with E-state index >= 15 is 0 Å². The minimum Gasteiger partial charge on any atom is -0.367 e. The van der Waals surface area contributed by atoms with E-state index in [1.54, 1.807) is 6.07 Å². The molecule has 17 heavy (non-hydrogen) atoms. The molecule has 1 aromatic carbocycles. The number of hydrogen-bond donors (Lipinski definition) is 1. The Morgan fingerprint density at radius 3 is 2.47 bits per heavy atom. The van der Waals surface area contributed by atoms with Crippen LogP contribution in [0, 0.1) is 5.82 Å². The Hall–Kier alpha value is -1.13. The van der Waals surface area contributed by atoms with Gasteiger partial charge in [-0.2, -0.15) is 0 Å². The molecule has 0 aliphatic carbocycles. The van der Waals surface area contributed by atoms with Crippen molar-refractivity contribution in [3.05, 3.63) is 30.1 Å². The largest absolute Gasteiger partial charge is 0.367 e. The van der Waals surface area contributed by atoms with Gasteiger partial charge in [0.25, 0.3) is 0 Å². The third-order valence-corrected chi connectivity index (χ3v) is 3.24. The van der Waals surface area contributed by atoms with Crippen molar-refractivity contribution in [2.24, 2.45) is 5.73 Å². The zero-order chi connectivity index (χ0) is 12.1. The summed E-state index contributed by atoms with van der Waals surface area (Å²) in [5.74, 6) is -0.122. The Labute approximate surface area is 102 Å². The molecule has 0 spiro atoms. The molecule has 0 atom stereocenters. The molecule has 0 bridgehead atoms. The molecule has 2 N–H and O–H groups in total. The summed E-state index contributed by atoms with van der Waals surface area (Å²) >= 11 is 0. The number of benzene rings is 1. The number of rotatable bonds is 4. The van der Waals surface area contributed by atoms with Gasteiger partial charge < -0.3 is 10.6 Å². The Morgan fingerprint density at radius 1 is 1.12 bits per heavy atom. The van der Waals surface area contributed by atoms with Crippen molar-refractivity contribution < 1.29 is 4.39 Å². The number of anilines is 1. The van der Waals surface area contributed by atoms with E-state index in [9.17, 15) is 4.39 Å². The van der Waals surface area contributed by atoms with Crippen molar-refractivity contribution in [3.8, 4) is 0 Å². The standard InChI is InChI=1S/C13H20FN3/c14-12-4-1-2-5-13(12)17-10-8-16(9-11-17)7-3-6-15/h1-2,4-5H,3,6-11,15H2. The lowest BCUT2D eigenvalue weighted by molar-refractivity contribution is 0.256. The fourth-order valence-corrected chi connectivity index (χ4v) is 2.24. The number of halogens is 1. The molecule has 1 aromatic rings. The molecule has 0 radical (unpaired) electrons. The normalized spacial score (nSPS) is 17.4. The van der Waals surface area contributed by atoms with E-state index in [1.807, 2.05) is 12.1 Å². The molecule has 94 valence electrons. The molecular formula is C13H20FN3. The summed E-state index contributed by atoms with van der Waals surface area (Å²) in [6.07, 6.45) is 1.04. The van der Waals surface area contributed by atoms with Gasteiger partial charge in [0.05, 0.1) is 5.69 Å². The Kier molecular flexibility index (Phi) is 4.34. The average molecular weight is 237 g/mol. The van der Waals surface area contributed by atoms with Crippen molar-refractivity contribution in [2.75, 3.05) is 44.2 Å². The Balaban J connectivity index is 1.89. The van der Waals surface area contributed by atoms with Crippen molar-refractivity contribution >= 4 is 5.69 Å². The summed E-state index contributed by atoms with van der Waals surface area (Å²) in [6.45, 7) is 5.58. The van der Waals surface area contributed by atoms with Crippen LogP contribution >= 0.6 is 0 Å². The van der Waals surface area contributed by atoms with Gasteiger partial charge in [-0.15, -0.1) is 0 Å². The summed E-state index contributed by atoms with van der Waals surface area (Å²) in [6, 6.07) is 7.00. The summed E-state index contributed by atoms with van der Waals surface area (Å²) in [5.41, 5.74) is 6.22. The van der Waals surface area contributed by atoms with Gasteiger partial charge in [0.2, 0.25) is 0 Å². The van der Waals surface area contributed by atoms with E-state index in [0.717, 1.165) is 51.4 Å². The molecule has 1 aliphatic rings. The van der Waals surface area contributed by atoms with Crippen LogP contribution in [0.25, 0.3) is 0 Å². The zero-order valence-electron chi connectivity index (χ0n) is 10.1. The van der Waals surface area contributed by atoms with Crippen molar-refractivity contribution in [1.82, 2.24) is 4.90 Å². The first kappa shape index (κ1) is 12.3. The van der Waals surface area contributed by atoms with Gasteiger partial charge in [-0.05, 0) is 31.6 Å². The molecule has 1 fully saturated rings. The quantitative estimate of drug-likeness (QED) is 0.856. The number of para-hydroxylation sites is 1. The summed E-state index contributed by atoms with van der Waals surface area (Å²) in [7, 11) is 0. The van der Waals surface area contributed by atoms with Crippen molar-refractivity contribution in [2.45, 2.75) is 6.42 Å². The number of nitrogens with two attached hydrogens (primary N) is 1. The van der Waals surface area contributed by atoms with Crippen LogP contribution in [-0.2, 0) is 0 Å². The molecule has 0 saturated carbocycles. The highest BCUT2D eigenvalue weighted by atomic mass is 19.1. The monoisotopic (exact) mass is 237 g/mol. The first-order chi connectivity index (χ1) is 8.31. The molecule has 3 nitrogen and oxygen atoms in total. The van der Waals surface area contributed by atoms with Crippen LogP contribution in [0.3, 0.4) is 0 Å². The fraction of sp³-hybridized carbons (Fsp3) is 0.538. The van der Waals surface area contributed by atoms with Crippen molar-refractivity contribution in [3.63, 3.8) is 0 Å². The second-order valence-corrected chi connectivity index (χ2v) is 4.42. The Bertz CT molecular complexity index is 348. The zero-order valence-corrected chi connectivity index (χ0v) is 10.1. The molecular weight excluding hydrogens is 217 g/mol. The lowest BCUT2D eigenvalue weighted by Crippen LogP contribution is -2.47. The van der Waals surface area contributed by atoms with E-state index in [2.05, 4.69) is 9.80 Å². The maximum Gasteiger partial charge on any atom is 0.146 e. The molecule has 1 aliphatic heterocycles. The third kappa shape index (κ3) is 3.17. The highest BCUT2D eigenvalue weighted by Gasteiger charge is 2.18. The first-order valence-electron chi connectivity index (χ1n) is 6.23. The van der Waals surface area contributed by atoms with Crippen LogP contribution in [-0.4, -0.2) is 44.2 Å². The highest BCUT2D eigenvalue weighted by molar-refractivity contribution is 5.47. The van der Waals surface area contributed by atoms with Crippen LogP contribution in [0.5, 0.6) is 0 Å². The second-order valence-electron chi connectivity index (χ2n) is 4.42. The first-order valence-corrected chi connectivity index (χ1v) is 6.23. The SMILES string of the molecule is NCCCN1CCN(c2ccccc2F)CC1. The molecule has 0 aromatic heterocycles. The van der Waals surface area contributed by atoms with E-state index in [1.165, 1.54) is 6.07 Å². The van der Waals surface area contributed by atoms with Crippen LogP contribution in [0.2, 0.25) is 0 Å². The van der Waals surface area contributed by atoms with Gasteiger partial charge in [-0.1, -0.05) is 12.1 Å². The summed E-state index contributed by atoms with van der Waals surface area (Å²) in [4.78, 5) is 4.51. The summed E-state index contributed by atoms with van der Waals surface area (Å²) in [5, 5.41) is 0. The van der Waals surface area contributed by atoms with Crippen LogP contribution in [0.15, 0.2) is 24.3 Å². The van der Waals surface area contributed by atoms with E-state index in [0.29, 0.717) is 0 Å². The van der Waals surface area contributed by atoms with Gasteiger partial charge in [0.15, 0.2) is 0 Å². The predicted octanol–water partition coefficient (Wildman–Crippen LogP) is 1.30. The third-order valence-electron chi connectivity index (χ3n) is 3.24. The van der Waals surface area contributed by atoms with Crippen molar-refractivity contribution in [1.29, 1.82) is 0 Å². The molecule has 2 rings (SSSR count). The van der Waals surface area contributed by atoms with Crippen LogP contribution in [0.4, 0.5) is 10.1 Å². The van der Waals surface area contributed by atoms with Gasteiger partial charge >= 0.3 is 0 Å². The molecule has 0 unspecified atom stereocenters. The fourth-order valence-electron chi connectivity index (χ4n) is 2.24. The van der Waals surface area contributed by atoms with Crippen LogP contribution < -0.4 is 10.6 Å².